The summed E-state index contributed by atoms with van der Waals surface area (Å²) < 4.78 is 0.887. The standard InChI is InChI=1S/C7H9IN6.ClH/c8-5-2-1-4(3-12-5)13-7(11)14-6(9)10;/h1-3H,(H6,9,10,11,13,14);1H. The number of nitrogens with one attached hydrogen (secondary N) is 1. The van der Waals surface area contributed by atoms with Gasteiger partial charge in [-0.1, -0.05) is 0 Å². The van der Waals surface area contributed by atoms with Crippen LogP contribution < -0.4 is 34.6 Å². The molecule has 1 aromatic rings. The van der Waals surface area contributed by atoms with Gasteiger partial charge < -0.3 is 29.6 Å². The van der Waals surface area contributed by atoms with Crippen LogP contribution in [0.2, 0.25) is 0 Å². The minimum Gasteiger partial charge on any atom is -1.00 e. The molecule has 0 unspecified atom stereocenters. The number of guanidine groups is 2. The normalized spacial score (nSPS) is 10.3. The Kier molecular flexibility index (Phi) is 5.94. The maximum Gasteiger partial charge on any atom is 0.316 e. The maximum atomic E-state index is 5.47. The van der Waals surface area contributed by atoms with Gasteiger partial charge in [0.15, 0.2) is 0 Å². The summed E-state index contributed by atoms with van der Waals surface area (Å²) in [6.45, 7) is 0. The van der Waals surface area contributed by atoms with Gasteiger partial charge >= 0.3 is 5.96 Å². The van der Waals surface area contributed by atoms with Crippen LogP contribution >= 0.6 is 22.6 Å². The van der Waals surface area contributed by atoms with Gasteiger partial charge in [-0.05, 0) is 34.7 Å². The first kappa shape index (κ1) is 13.9. The molecule has 0 spiro atoms. The van der Waals surface area contributed by atoms with Gasteiger partial charge in [-0.3, -0.25) is 0 Å². The van der Waals surface area contributed by atoms with Crippen molar-refractivity contribution < 1.29 is 17.4 Å². The van der Waals surface area contributed by atoms with E-state index in [1.807, 2.05) is 6.07 Å². The van der Waals surface area contributed by atoms with Gasteiger partial charge in [-0.15, -0.1) is 4.99 Å². The van der Waals surface area contributed by atoms with E-state index in [0.717, 1.165) is 3.70 Å². The molecule has 7 N–H and O–H groups in total. The third-order valence-corrected chi connectivity index (χ3v) is 1.87. The molecule has 1 aromatic heterocycles. The van der Waals surface area contributed by atoms with Crippen molar-refractivity contribution in [2.45, 2.75) is 0 Å². The second-order valence-electron chi connectivity index (χ2n) is 2.42. The van der Waals surface area contributed by atoms with Crippen LogP contribution in [0.15, 0.2) is 23.3 Å². The zero-order chi connectivity index (χ0) is 10.6. The van der Waals surface area contributed by atoms with E-state index in [9.17, 15) is 0 Å². The van der Waals surface area contributed by atoms with Crippen LogP contribution in [0.5, 0.6) is 0 Å². The highest BCUT2D eigenvalue weighted by molar-refractivity contribution is 14.1. The molecule has 0 atom stereocenters. The molecule has 82 valence electrons. The highest BCUT2D eigenvalue weighted by Crippen LogP contribution is 2.10. The van der Waals surface area contributed by atoms with E-state index in [0.29, 0.717) is 5.69 Å². The molecule has 0 aromatic carbocycles. The number of nitrogens with zero attached hydrogens (tertiary/aromatic N) is 2. The average Bonchev–Trinajstić information content (AvgIpc) is 2.07. The summed E-state index contributed by atoms with van der Waals surface area (Å²) in [5.41, 5.74) is 16.5. The molecule has 15 heavy (non-hydrogen) atoms. The van der Waals surface area contributed by atoms with Crippen molar-refractivity contribution in [1.29, 1.82) is 0 Å². The zero-order valence-corrected chi connectivity index (χ0v) is 10.5. The third-order valence-electron chi connectivity index (χ3n) is 1.23. The molecule has 0 saturated carbocycles. The van der Waals surface area contributed by atoms with Gasteiger partial charge in [0.2, 0.25) is 0 Å². The van der Waals surface area contributed by atoms with Gasteiger partial charge in [0.1, 0.15) is 9.39 Å². The molecule has 0 amide bonds. The molecular formula is C7H10ClIN6. The molecule has 0 aliphatic carbocycles. The van der Waals surface area contributed by atoms with Crippen LogP contribution in [0.4, 0.5) is 5.69 Å². The zero-order valence-electron chi connectivity index (χ0n) is 7.61. The topological polar surface area (TPSA) is 117 Å². The number of halogens is 2. The smallest absolute Gasteiger partial charge is 0.316 e. The first-order chi connectivity index (χ1) is 6.58. The molecule has 0 bridgehead atoms. The number of rotatable bonds is 1. The molecule has 1 rings (SSSR count). The Bertz CT molecular complexity index is 370. The summed E-state index contributed by atoms with van der Waals surface area (Å²) in [7, 11) is 0. The number of hydrogen-bond donors (Lipinski definition) is 4. The molecule has 0 aliphatic heterocycles. The lowest BCUT2D eigenvalue weighted by Crippen LogP contribution is -3.00. The second kappa shape index (κ2) is 6.40. The van der Waals surface area contributed by atoms with Crippen LogP contribution in [0, 0.1) is 3.70 Å². The fraction of sp³-hybridized carbons (Fsp3) is 0. The summed E-state index contributed by atoms with van der Waals surface area (Å²) in [5.74, 6) is 0.137. The van der Waals surface area contributed by atoms with Gasteiger partial charge in [0, 0.05) is 0 Å². The van der Waals surface area contributed by atoms with E-state index in [1.54, 1.807) is 12.3 Å². The van der Waals surface area contributed by atoms with Crippen molar-refractivity contribution in [1.82, 2.24) is 4.98 Å². The lowest BCUT2D eigenvalue weighted by molar-refractivity contribution is -0.320. The Hall–Kier alpha value is -1.09. The second-order valence-corrected chi connectivity index (χ2v) is 3.52. The quantitative estimate of drug-likeness (QED) is 0.177. The molecule has 0 saturated heterocycles. The summed E-state index contributed by atoms with van der Waals surface area (Å²) in [5, 5.41) is 0. The lowest BCUT2D eigenvalue weighted by Gasteiger charge is -1.91. The van der Waals surface area contributed by atoms with Gasteiger partial charge in [-0.2, -0.15) is 0 Å². The summed E-state index contributed by atoms with van der Waals surface area (Å²) >= 11 is 2.10. The number of nitrogens with two attached hydrogens (primary N) is 3. The number of aromatic nitrogens is 1. The Morgan fingerprint density at radius 2 is 2.00 bits per heavy atom. The minimum atomic E-state index is 0. The molecular weight excluding hydrogens is 330 g/mol. The molecule has 0 aliphatic rings. The third kappa shape index (κ3) is 5.37. The van der Waals surface area contributed by atoms with Crippen molar-refractivity contribution in [3.05, 3.63) is 22.0 Å². The van der Waals surface area contributed by atoms with Crippen molar-refractivity contribution in [3.63, 3.8) is 0 Å². The Balaban J connectivity index is 0.00000196. The van der Waals surface area contributed by atoms with E-state index < -0.39 is 0 Å². The molecule has 0 radical (unpaired) electrons. The van der Waals surface area contributed by atoms with Crippen molar-refractivity contribution in [3.8, 4) is 0 Å². The van der Waals surface area contributed by atoms with Crippen molar-refractivity contribution >= 4 is 40.2 Å². The number of aliphatic imine (C=N–C) groups is 1. The first-order valence-corrected chi connectivity index (χ1v) is 4.76. The van der Waals surface area contributed by atoms with Crippen molar-refractivity contribution in [2.24, 2.45) is 22.2 Å². The maximum absolute atomic E-state index is 5.47. The van der Waals surface area contributed by atoms with Gasteiger partial charge in [0.25, 0.3) is 5.96 Å². The fourth-order valence-electron chi connectivity index (χ4n) is 0.749. The van der Waals surface area contributed by atoms with E-state index in [1.165, 1.54) is 0 Å². The molecule has 8 heteroatoms. The molecule has 1 heterocycles. The van der Waals surface area contributed by atoms with Crippen LogP contribution in [-0.4, -0.2) is 16.9 Å². The summed E-state index contributed by atoms with van der Waals surface area (Å²) in [4.78, 5) is 10.5. The van der Waals surface area contributed by atoms with Crippen LogP contribution in [-0.2, 0) is 0 Å². The van der Waals surface area contributed by atoms with Crippen LogP contribution in [0.3, 0.4) is 0 Å². The lowest BCUT2D eigenvalue weighted by atomic mass is 10.4. The van der Waals surface area contributed by atoms with Crippen LogP contribution in [0.1, 0.15) is 0 Å². The van der Waals surface area contributed by atoms with E-state index in [4.69, 9.17) is 17.2 Å². The van der Waals surface area contributed by atoms with Crippen molar-refractivity contribution in [2.75, 3.05) is 0 Å². The minimum absolute atomic E-state index is 0. The predicted octanol–water partition coefficient (Wildman–Crippen LogP) is -5.01. The van der Waals surface area contributed by atoms with E-state index >= 15 is 0 Å². The largest absolute Gasteiger partial charge is 1.00 e. The summed E-state index contributed by atoms with van der Waals surface area (Å²) in [6.07, 6.45) is 1.60. The number of pyridine rings is 1. The van der Waals surface area contributed by atoms with Gasteiger partial charge in [-0.25, -0.2) is 9.98 Å². The fourth-order valence-corrected chi connectivity index (χ4v) is 1.07. The highest BCUT2D eigenvalue weighted by Gasteiger charge is 1.97. The number of hydrogen-bond acceptors (Lipinski definition) is 2. The highest BCUT2D eigenvalue weighted by atomic mass is 127. The Morgan fingerprint density at radius 1 is 1.33 bits per heavy atom. The van der Waals surface area contributed by atoms with Gasteiger partial charge in [0.05, 0.1) is 6.20 Å². The Morgan fingerprint density at radius 3 is 2.47 bits per heavy atom. The average molecular weight is 341 g/mol. The molecule has 6 nitrogen and oxygen atoms in total. The monoisotopic (exact) mass is 340 g/mol. The molecule has 0 fully saturated rings. The van der Waals surface area contributed by atoms with E-state index in [2.05, 4.69) is 37.6 Å². The van der Waals surface area contributed by atoms with E-state index in [-0.39, 0.29) is 24.3 Å². The predicted molar refractivity (Wildman–Crippen MR) is 62.6 cm³/mol. The van der Waals surface area contributed by atoms with Crippen LogP contribution in [0.25, 0.3) is 0 Å². The SMILES string of the molecule is NC(=Nc1ccc(I)nc1)[NH+]=C(N)N.[Cl-]. The summed E-state index contributed by atoms with van der Waals surface area (Å²) in [6, 6.07) is 3.61. The Labute approximate surface area is 107 Å². The first-order valence-electron chi connectivity index (χ1n) is 3.68.